The van der Waals surface area contributed by atoms with Crippen molar-refractivity contribution in [2.45, 2.75) is 44.2 Å². The molecule has 5 rings (SSSR count). The highest BCUT2D eigenvalue weighted by Gasteiger charge is 2.35. The number of nitrogens with one attached hydrogen (secondary N) is 1. The molecule has 1 aromatic heterocycles. The number of amides is 1. The second-order valence-electron chi connectivity index (χ2n) is 8.75. The Hall–Kier alpha value is -2.50. The van der Waals surface area contributed by atoms with E-state index in [4.69, 9.17) is 4.98 Å². The maximum absolute atomic E-state index is 13.3. The summed E-state index contributed by atoms with van der Waals surface area (Å²) in [5.74, 6) is 0.321. The standard InChI is InChI=1S/C26H29N3OS/c1-18(19-9-3-2-4-10-19)29-16-15-20(17-29)27-25(30)21-11-5-6-12-22(21)26-28-23-13-7-8-14-24(23)31-26/h2-10,13-14,18,20-22H,11-12,15-17H2,1H3,(H,27,30). The maximum atomic E-state index is 13.3. The molecular weight excluding hydrogens is 402 g/mol. The average Bonchev–Trinajstić information content (AvgIpc) is 3.46. The second kappa shape index (κ2) is 8.93. The van der Waals surface area contributed by atoms with Crippen LogP contribution in [-0.4, -0.2) is 34.9 Å². The first-order valence-electron chi connectivity index (χ1n) is 11.3. The van der Waals surface area contributed by atoms with Crippen LogP contribution in [0.15, 0.2) is 66.7 Å². The Morgan fingerprint density at radius 3 is 2.71 bits per heavy atom. The predicted octanol–water partition coefficient (Wildman–Crippen LogP) is 5.30. The maximum Gasteiger partial charge on any atom is 0.224 e. The summed E-state index contributed by atoms with van der Waals surface area (Å²) in [6, 6.07) is 19.5. The lowest BCUT2D eigenvalue weighted by molar-refractivity contribution is -0.126. The number of fused-ring (bicyclic) bond motifs is 1. The van der Waals surface area contributed by atoms with Crippen molar-refractivity contribution in [2.75, 3.05) is 13.1 Å². The average molecular weight is 432 g/mol. The Morgan fingerprint density at radius 2 is 1.87 bits per heavy atom. The van der Waals surface area contributed by atoms with Gasteiger partial charge in [0.2, 0.25) is 5.91 Å². The van der Waals surface area contributed by atoms with E-state index < -0.39 is 0 Å². The van der Waals surface area contributed by atoms with Crippen LogP contribution >= 0.6 is 11.3 Å². The molecule has 1 aliphatic carbocycles. The van der Waals surface area contributed by atoms with Crippen LogP contribution in [-0.2, 0) is 4.79 Å². The van der Waals surface area contributed by atoms with Crippen molar-refractivity contribution < 1.29 is 4.79 Å². The molecule has 2 aromatic carbocycles. The number of hydrogen-bond acceptors (Lipinski definition) is 4. The summed E-state index contributed by atoms with van der Waals surface area (Å²) in [7, 11) is 0. The quantitative estimate of drug-likeness (QED) is 0.558. The lowest BCUT2D eigenvalue weighted by Crippen LogP contribution is -2.42. The number of allylic oxidation sites excluding steroid dienone is 2. The zero-order chi connectivity index (χ0) is 21.2. The Bertz CT molecular complexity index is 1040. The van der Waals surface area contributed by atoms with Gasteiger partial charge >= 0.3 is 0 Å². The van der Waals surface area contributed by atoms with Gasteiger partial charge in [0.25, 0.3) is 0 Å². The number of carbonyl (C=O) groups is 1. The van der Waals surface area contributed by atoms with Crippen LogP contribution in [0.25, 0.3) is 10.2 Å². The van der Waals surface area contributed by atoms with Gasteiger partial charge in [-0.25, -0.2) is 4.98 Å². The van der Waals surface area contributed by atoms with Crippen molar-refractivity contribution in [1.29, 1.82) is 0 Å². The van der Waals surface area contributed by atoms with Crippen LogP contribution < -0.4 is 5.32 Å². The van der Waals surface area contributed by atoms with E-state index in [0.717, 1.165) is 42.9 Å². The molecule has 2 aliphatic rings. The van der Waals surface area contributed by atoms with E-state index in [1.807, 2.05) is 6.07 Å². The summed E-state index contributed by atoms with van der Waals surface area (Å²) >= 11 is 1.74. The molecule has 2 heterocycles. The lowest BCUT2D eigenvalue weighted by Gasteiger charge is -2.28. The Labute approximate surface area is 188 Å². The molecule has 0 saturated carbocycles. The topological polar surface area (TPSA) is 45.2 Å². The number of nitrogens with zero attached hydrogens (tertiary/aromatic N) is 2. The Balaban J connectivity index is 1.25. The van der Waals surface area contributed by atoms with Gasteiger partial charge in [-0.1, -0.05) is 54.6 Å². The highest BCUT2D eigenvalue weighted by Crippen LogP contribution is 2.38. The summed E-state index contributed by atoms with van der Waals surface area (Å²) in [5.41, 5.74) is 2.38. The van der Waals surface area contributed by atoms with Gasteiger partial charge in [0.15, 0.2) is 0 Å². The number of aromatic nitrogens is 1. The fraction of sp³-hybridized carbons (Fsp3) is 0.385. The molecule has 4 nitrogen and oxygen atoms in total. The molecule has 1 saturated heterocycles. The Morgan fingerprint density at radius 1 is 1.10 bits per heavy atom. The molecule has 1 aliphatic heterocycles. The smallest absolute Gasteiger partial charge is 0.224 e. The van der Waals surface area contributed by atoms with Crippen LogP contribution in [0, 0.1) is 5.92 Å². The van der Waals surface area contributed by atoms with Crippen LogP contribution in [0.3, 0.4) is 0 Å². The third-order valence-corrected chi connectivity index (χ3v) is 7.96. The van der Waals surface area contributed by atoms with Gasteiger partial charge in [0.05, 0.1) is 21.1 Å². The monoisotopic (exact) mass is 431 g/mol. The minimum atomic E-state index is -0.0360. The highest BCUT2D eigenvalue weighted by molar-refractivity contribution is 7.18. The molecule has 160 valence electrons. The highest BCUT2D eigenvalue weighted by atomic mass is 32.1. The fourth-order valence-electron chi connectivity index (χ4n) is 4.93. The second-order valence-corrected chi connectivity index (χ2v) is 9.81. The molecule has 3 aromatic rings. The first-order valence-corrected chi connectivity index (χ1v) is 12.1. The number of benzene rings is 2. The van der Waals surface area contributed by atoms with E-state index >= 15 is 0 Å². The number of para-hydroxylation sites is 1. The van der Waals surface area contributed by atoms with Crippen molar-refractivity contribution in [3.05, 3.63) is 77.3 Å². The molecule has 0 radical (unpaired) electrons. The molecule has 1 amide bonds. The molecular formula is C26H29N3OS. The van der Waals surface area contributed by atoms with Crippen LogP contribution in [0.4, 0.5) is 0 Å². The van der Waals surface area contributed by atoms with Gasteiger partial charge in [0, 0.05) is 31.1 Å². The molecule has 1 fully saturated rings. The number of hydrogen-bond donors (Lipinski definition) is 1. The molecule has 5 heteroatoms. The summed E-state index contributed by atoms with van der Waals surface area (Å²) in [5, 5.41) is 4.47. The fourth-order valence-corrected chi connectivity index (χ4v) is 6.08. The predicted molar refractivity (Wildman–Crippen MR) is 127 cm³/mol. The van der Waals surface area contributed by atoms with Gasteiger partial charge < -0.3 is 5.32 Å². The van der Waals surface area contributed by atoms with Crippen LogP contribution in [0.5, 0.6) is 0 Å². The zero-order valence-corrected chi connectivity index (χ0v) is 18.7. The zero-order valence-electron chi connectivity index (χ0n) is 17.9. The number of carbonyl (C=O) groups excluding carboxylic acids is 1. The first-order chi connectivity index (χ1) is 15.2. The summed E-state index contributed by atoms with van der Waals surface area (Å²) in [6.45, 7) is 4.19. The lowest BCUT2D eigenvalue weighted by atomic mass is 9.82. The number of rotatable bonds is 5. The van der Waals surface area contributed by atoms with E-state index in [-0.39, 0.29) is 23.8 Å². The van der Waals surface area contributed by atoms with E-state index in [1.54, 1.807) is 11.3 Å². The molecule has 4 atom stereocenters. The van der Waals surface area contributed by atoms with Gasteiger partial charge in [-0.3, -0.25) is 9.69 Å². The normalized spacial score (nSPS) is 25.0. The summed E-state index contributed by atoms with van der Waals surface area (Å²) in [6.07, 6.45) is 7.06. The molecule has 0 spiro atoms. The summed E-state index contributed by atoms with van der Waals surface area (Å²) < 4.78 is 1.20. The first kappa shape index (κ1) is 20.4. The van der Waals surface area contributed by atoms with Crippen LogP contribution in [0.2, 0.25) is 0 Å². The molecule has 4 unspecified atom stereocenters. The van der Waals surface area contributed by atoms with Crippen molar-refractivity contribution in [3.8, 4) is 0 Å². The van der Waals surface area contributed by atoms with Gasteiger partial charge in [-0.05, 0) is 43.9 Å². The van der Waals surface area contributed by atoms with E-state index in [1.165, 1.54) is 10.3 Å². The number of likely N-dealkylation sites (tertiary alicyclic amines) is 1. The largest absolute Gasteiger partial charge is 0.352 e. The van der Waals surface area contributed by atoms with Crippen molar-refractivity contribution in [2.24, 2.45) is 5.92 Å². The SMILES string of the molecule is CC(c1ccccc1)N1CCC(NC(=O)C2CC=CCC2c2nc3ccccc3s2)C1. The molecule has 0 bridgehead atoms. The third-order valence-electron chi connectivity index (χ3n) is 6.79. The van der Waals surface area contributed by atoms with Gasteiger partial charge in [-0.15, -0.1) is 11.3 Å². The van der Waals surface area contributed by atoms with Crippen molar-refractivity contribution in [3.63, 3.8) is 0 Å². The third kappa shape index (κ3) is 4.30. The van der Waals surface area contributed by atoms with Crippen molar-refractivity contribution >= 4 is 27.5 Å². The molecule has 31 heavy (non-hydrogen) atoms. The van der Waals surface area contributed by atoms with Crippen molar-refractivity contribution in [1.82, 2.24) is 15.2 Å². The number of thiazole rings is 1. The Kier molecular flexibility index (Phi) is 5.88. The van der Waals surface area contributed by atoms with E-state index in [9.17, 15) is 4.79 Å². The van der Waals surface area contributed by atoms with Crippen LogP contribution in [0.1, 0.15) is 48.7 Å². The minimum absolute atomic E-state index is 0.0360. The molecule has 1 N–H and O–H groups in total. The summed E-state index contributed by atoms with van der Waals surface area (Å²) in [4.78, 5) is 20.7. The van der Waals surface area contributed by atoms with E-state index in [0.29, 0.717) is 6.04 Å². The van der Waals surface area contributed by atoms with Gasteiger partial charge in [-0.2, -0.15) is 0 Å². The minimum Gasteiger partial charge on any atom is -0.352 e. The van der Waals surface area contributed by atoms with Gasteiger partial charge in [0.1, 0.15) is 0 Å². The van der Waals surface area contributed by atoms with E-state index in [2.05, 4.69) is 77.8 Å².